The fourth-order valence-electron chi connectivity index (χ4n) is 3.05. The van der Waals surface area contributed by atoms with Crippen molar-refractivity contribution in [3.8, 4) is 5.75 Å². The molecule has 0 fully saturated rings. The molecule has 3 rings (SSSR count). The van der Waals surface area contributed by atoms with Gasteiger partial charge in [0.25, 0.3) is 5.91 Å². The molecule has 0 saturated heterocycles. The van der Waals surface area contributed by atoms with E-state index in [1.807, 2.05) is 56.3 Å². The normalized spacial score (nSPS) is 10.7. The van der Waals surface area contributed by atoms with Crippen molar-refractivity contribution in [1.29, 1.82) is 0 Å². The average molecular weight is 468 g/mol. The number of hydrazine groups is 1. The van der Waals surface area contributed by atoms with E-state index in [1.54, 1.807) is 18.2 Å². The number of fused-ring (bicyclic) bond motifs is 1. The minimum Gasteiger partial charge on any atom is -0.484 e. The zero-order valence-electron chi connectivity index (χ0n) is 17.6. The van der Waals surface area contributed by atoms with Gasteiger partial charge in [-0.25, -0.2) is 0 Å². The zero-order valence-corrected chi connectivity index (χ0v) is 19.1. The van der Waals surface area contributed by atoms with E-state index in [2.05, 4.69) is 16.2 Å². The predicted octanol–water partition coefficient (Wildman–Crippen LogP) is 4.22. The highest BCUT2D eigenvalue weighted by Gasteiger charge is 2.08. The van der Waals surface area contributed by atoms with Crippen molar-refractivity contribution < 1.29 is 14.3 Å². The highest BCUT2D eigenvalue weighted by atomic mass is 35.5. The Bertz CT molecular complexity index is 1180. The molecule has 0 aliphatic heterocycles. The molecule has 0 aliphatic carbocycles. The molecule has 3 aromatic carbocycles. The van der Waals surface area contributed by atoms with Crippen LogP contribution in [0.15, 0.2) is 60.7 Å². The molecular weight excluding hydrogens is 446 g/mol. The van der Waals surface area contributed by atoms with Crippen molar-refractivity contribution in [3.63, 3.8) is 0 Å². The monoisotopic (exact) mass is 467 g/mol. The SMILES string of the molecule is Cc1cc(OCC(=O)NNC(=S)NC(=O)C=Cc2cccc3ccccc23)cc(C)c1Cl. The van der Waals surface area contributed by atoms with Crippen LogP contribution in [0.25, 0.3) is 16.8 Å². The molecular formula is C24H22ClN3O3S. The van der Waals surface area contributed by atoms with Crippen LogP contribution in [0.2, 0.25) is 5.02 Å². The van der Waals surface area contributed by atoms with Crippen molar-refractivity contribution in [3.05, 3.63) is 82.4 Å². The van der Waals surface area contributed by atoms with Crippen molar-refractivity contribution in [1.82, 2.24) is 16.2 Å². The summed E-state index contributed by atoms with van der Waals surface area (Å²) >= 11 is 11.2. The zero-order chi connectivity index (χ0) is 23.1. The number of nitrogens with one attached hydrogen (secondary N) is 3. The van der Waals surface area contributed by atoms with Gasteiger partial charge in [0, 0.05) is 11.1 Å². The number of carbonyl (C=O) groups is 2. The lowest BCUT2D eigenvalue weighted by atomic mass is 10.0. The van der Waals surface area contributed by atoms with Gasteiger partial charge in [0.2, 0.25) is 5.91 Å². The van der Waals surface area contributed by atoms with E-state index in [9.17, 15) is 9.59 Å². The lowest BCUT2D eigenvalue weighted by molar-refractivity contribution is -0.123. The first-order valence-corrected chi connectivity index (χ1v) is 10.6. The summed E-state index contributed by atoms with van der Waals surface area (Å²) in [4.78, 5) is 24.1. The molecule has 32 heavy (non-hydrogen) atoms. The number of carbonyl (C=O) groups excluding carboxylic acids is 2. The molecule has 0 radical (unpaired) electrons. The molecule has 164 valence electrons. The van der Waals surface area contributed by atoms with Gasteiger partial charge in [-0.15, -0.1) is 0 Å². The predicted molar refractivity (Wildman–Crippen MR) is 131 cm³/mol. The summed E-state index contributed by atoms with van der Waals surface area (Å²) in [7, 11) is 0. The van der Waals surface area contributed by atoms with Crippen LogP contribution in [-0.4, -0.2) is 23.5 Å². The molecule has 0 aliphatic rings. The lowest BCUT2D eigenvalue weighted by Gasteiger charge is -2.12. The molecule has 0 spiro atoms. The topological polar surface area (TPSA) is 79.5 Å². The first kappa shape index (κ1) is 23.2. The highest BCUT2D eigenvalue weighted by Crippen LogP contribution is 2.25. The molecule has 3 N–H and O–H groups in total. The fourth-order valence-corrected chi connectivity index (χ4v) is 3.31. The van der Waals surface area contributed by atoms with Crippen LogP contribution in [0.4, 0.5) is 0 Å². The van der Waals surface area contributed by atoms with Crippen LogP contribution >= 0.6 is 23.8 Å². The largest absolute Gasteiger partial charge is 0.484 e. The summed E-state index contributed by atoms with van der Waals surface area (Å²) in [5, 5.41) is 5.23. The Hall–Kier alpha value is -3.42. The van der Waals surface area contributed by atoms with Gasteiger partial charge in [-0.05, 0) is 71.7 Å². The number of thiocarbonyl (C=S) groups is 1. The van der Waals surface area contributed by atoms with Crippen molar-refractivity contribution in [2.75, 3.05) is 6.61 Å². The number of hydrogen-bond acceptors (Lipinski definition) is 4. The summed E-state index contributed by atoms with van der Waals surface area (Å²) in [6, 6.07) is 17.3. The first-order valence-electron chi connectivity index (χ1n) is 9.78. The number of amides is 2. The molecule has 8 heteroatoms. The molecule has 0 atom stereocenters. The summed E-state index contributed by atoms with van der Waals surface area (Å²) in [6.07, 6.45) is 3.09. The van der Waals surface area contributed by atoms with Crippen molar-refractivity contribution in [2.24, 2.45) is 0 Å². The second-order valence-electron chi connectivity index (χ2n) is 7.05. The Morgan fingerprint density at radius 2 is 1.72 bits per heavy atom. The lowest BCUT2D eigenvalue weighted by Crippen LogP contribution is -2.49. The minimum absolute atomic E-state index is 0.0379. The molecule has 0 unspecified atom stereocenters. The minimum atomic E-state index is -0.460. The maximum absolute atomic E-state index is 12.1. The van der Waals surface area contributed by atoms with Crippen molar-refractivity contribution >= 4 is 57.6 Å². The van der Waals surface area contributed by atoms with Gasteiger partial charge < -0.3 is 4.74 Å². The molecule has 3 aromatic rings. The number of rotatable bonds is 5. The van der Waals surface area contributed by atoms with E-state index in [0.717, 1.165) is 27.5 Å². The van der Waals surface area contributed by atoms with Crippen LogP contribution in [0.5, 0.6) is 5.75 Å². The highest BCUT2D eigenvalue weighted by molar-refractivity contribution is 7.80. The Kier molecular flexibility index (Phi) is 7.81. The third kappa shape index (κ3) is 6.29. The third-order valence-corrected chi connectivity index (χ3v) is 5.37. The fraction of sp³-hybridized carbons (Fsp3) is 0.125. The van der Waals surface area contributed by atoms with Gasteiger partial charge >= 0.3 is 0 Å². The molecule has 0 aromatic heterocycles. The van der Waals surface area contributed by atoms with E-state index in [4.69, 9.17) is 28.6 Å². The summed E-state index contributed by atoms with van der Waals surface area (Å²) in [6.45, 7) is 3.49. The van der Waals surface area contributed by atoms with Gasteiger partial charge in [-0.3, -0.25) is 25.8 Å². The van der Waals surface area contributed by atoms with E-state index in [-0.39, 0.29) is 11.7 Å². The number of ether oxygens (including phenoxy) is 1. The Balaban J connectivity index is 1.45. The van der Waals surface area contributed by atoms with Crippen molar-refractivity contribution in [2.45, 2.75) is 13.8 Å². The summed E-state index contributed by atoms with van der Waals surface area (Å²) < 4.78 is 5.47. The van der Waals surface area contributed by atoms with Crippen LogP contribution in [-0.2, 0) is 9.59 Å². The van der Waals surface area contributed by atoms with E-state index < -0.39 is 11.8 Å². The quantitative estimate of drug-likeness (QED) is 0.297. The maximum Gasteiger partial charge on any atom is 0.276 e. The van der Waals surface area contributed by atoms with Gasteiger partial charge in [-0.2, -0.15) is 0 Å². The first-order chi connectivity index (χ1) is 15.3. The molecule has 2 amide bonds. The average Bonchev–Trinajstić information content (AvgIpc) is 2.78. The molecule has 0 heterocycles. The Morgan fingerprint density at radius 1 is 1.03 bits per heavy atom. The molecule has 0 saturated carbocycles. The van der Waals surface area contributed by atoms with Crippen LogP contribution < -0.4 is 20.9 Å². The summed E-state index contributed by atoms with van der Waals surface area (Å²) in [5.74, 6) is -0.347. The number of hydrogen-bond donors (Lipinski definition) is 3. The van der Waals surface area contributed by atoms with Crippen LogP contribution in [0.3, 0.4) is 0 Å². The van der Waals surface area contributed by atoms with Crippen LogP contribution in [0, 0.1) is 13.8 Å². The standard InChI is InChI=1S/C24H22ClN3O3S/c1-15-12-19(13-16(2)23(15)25)31-14-22(30)27-28-24(32)26-21(29)11-10-18-8-5-7-17-6-3-4-9-20(17)18/h3-13H,14H2,1-2H3,(H,27,30)(H2,26,28,29,32). The number of benzene rings is 3. The van der Waals surface area contributed by atoms with Gasteiger partial charge in [0.15, 0.2) is 11.7 Å². The van der Waals surface area contributed by atoms with E-state index in [1.165, 1.54) is 6.08 Å². The van der Waals surface area contributed by atoms with E-state index in [0.29, 0.717) is 10.8 Å². The maximum atomic E-state index is 12.1. The smallest absolute Gasteiger partial charge is 0.276 e. The second kappa shape index (κ2) is 10.7. The third-order valence-electron chi connectivity index (χ3n) is 4.57. The van der Waals surface area contributed by atoms with Gasteiger partial charge in [0.05, 0.1) is 0 Å². The molecule has 0 bridgehead atoms. The summed E-state index contributed by atoms with van der Waals surface area (Å²) in [5.41, 5.74) is 7.49. The second-order valence-corrected chi connectivity index (χ2v) is 7.84. The molecule has 6 nitrogen and oxygen atoms in total. The Labute approximate surface area is 196 Å². The Morgan fingerprint density at radius 3 is 2.47 bits per heavy atom. The van der Waals surface area contributed by atoms with Crippen LogP contribution in [0.1, 0.15) is 16.7 Å². The van der Waals surface area contributed by atoms with Gasteiger partial charge in [0.1, 0.15) is 5.75 Å². The van der Waals surface area contributed by atoms with E-state index >= 15 is 0 Å². The number of aryl methyl sites for hydroxylation is 2. The van der Waals surface area contributed by atoms with Gasteiger partial charge in [-0.1, -0.05) is 54.1 Å². The number of halogens is 1.